The smallest absolute Gasteiger partial charge is 0.265 e. The number of fused-ring (bicyclic) bond motifs is 1. The quantitative estimate of drug-likeness (QED) is 0.552. The molecule has 1 fully saturated rings. The van der Waals surface area contributed by atoms with Crippen LogP contribution in [0.5, 0.6) is 11.5 Å². The van der Waals surface area contributed by atoms with E-state index in [2.05, 4.69) is 10.2 Å². The third kappa shape index (κ3) is 6.36. The summed E-state index contributed by atoms with van der Waals surface area (Å²) in [6.45, 7) is 4.51. The molecule has 0 aromatic heterocycles. The number of carbonyl (C=O) groups is 3. The second-order valence-electron chi connectivity index (χ2n) is 8.82. The SMILES string of the molecule is Cc1cc(F)ccc1OCC(=O)c1ccc2c(c1)N(CC(=O)NCCN1CCCCC1)C(=O)CO2. The molecule has 1 N–H and O–H groups in total. The van der Waals surface area contributed by atoms with E-state index in [1.54, 1.807) is 19.1 Å². The lowest BCUT2D eigenvalue weighted by Crippen LogP contribution is -2.46. The van der Waals surface area contributed by atoms with Crippen LogP contribution in [0.3, 0.4) is 0 Å². The second kappa shape index (κ2) is 11.3. The number of benzene rings is 2. The molecule has 2 aliphatic heterocycles. The van der Waals surface area contributed by atoms with Crippen LogP contribution in [0.25, 0.3) is 0 Å². The highest BCUT2D eigenvalue weighted by atomic mass is 19.1. The van der Waals surface area contributed by atoms with Gasteiger partial charge in [-0.05, 0) is 74.8 Å². The van der Waals surface area contributed by atoms with Crippen LogP contribution in [0, 0.1) is 12.7 Å². The van der Waals surface area contributed by atoms with Crippen molar-refractivity contribution in [3.8, 4) is 11.5 Å². The van der Waals surface area contributed by atoms with E-state index in [0.29, 0.717) is 34.9 Å². The van der Waals surface area contributed by atoms with Crippen molar-refractivity contribution in [1.29, 1.82) is 0 Å². The van der Waals surface area contributed by atoms with Crippen LogP contribution >= 0.6 is 0 Å². The molecule has 0 radical (unpaired) electrons. The zero-order valence-electron chi connectivity index (χ0n) is 19.8. The van der Waals surface area contributed by atoms with Crippen molar-refractivity contribution in [3.05, 3.63) is 53.3 Å². The monoisotopic (exact) mass is 483 g/mol. The van der Waals surface area contributed by atoms with Gasteiger partial charge in [-0.1, -0.05) is 6.42 Å². The van der Waals surface area contributed by atoms with Crippen LogP contribution in [-0.4, -0.2) is 68.4 Å². The summed E-state index contributed by atoms with van der Waals surface area (Å²) in [7, 11) is 0. The average Bonchev–Trinajstić information content (AvgIpc) is 2.85. The number of aryl methyl sites for hydroxylation is 1. The Morgan fingerprint density at radius 3 is 2.69 bits per heavy atom. The number of ether oxygens (including phenoxy) is 2. The molecule has 8 nitrogen and oxygen atoms in total. The molecular weight excluding hydrogens is 453 g/mol. The predicted molar refractivity (Wildman–Crippen MR) is 129 cm³/mol. The molecule has 0 saturated carbocycles. The third-order valence-corrected chi connectivity index (χ3v) is 6.22. The Hall–Kier alpha value is -3.46. The molecule has 0 unspecified atom stereocenters. The van der Waals surface area contributed by atoms with Gasteiger partial charge in [-0.3, -0.25) is 19.3 Å². The van der Waals surface area contributed by atoms with Gasteiger partial charge in [-0.15, -0.1) is 0 Å². The molecular formula is C26H30FN3O5. The largest absolute Gasteiger partial charge is 0.485 e. The average molecular weight is 484 g/mol. The van der Waals surface area contributed by atoms with Gasteiger partial charge in [0.25, 0.3) is 5.91 Å². The summed E-state index contributed by atoms with van der Waals surface area (Å²) >= 11 is 0. The molecule has 2 heterocycles. The van der Waals surface area contributed by atoms with E-state index in [0.717, 1.165) is 19.6 Å². The van der Waals surface area contributed by atoms with Crippen molar-refractivity contribution in [3.63, 3.8) is 0 Å². The highest BCUT2D eigenvalue weighted by Gasteiger charge is 2.28. The molecule has 0 aliphatic carbocycles. The maximum Gasteiger partial charge on any atom is 0.265 e. The molecule has 2 aliphatic rings. The first-order valence-corrected chi connectivity index (χ1v) is 11.9. The molecule has 2 aromatic carbocycles. The minimum atomic E-state index is -0.379. The van der Waals surface area contributed by atoms with E-state index in [-0.39, 0.29) is 43.2 Å². The molecule has 2 aromatic rings. The van der Waals surface area contributed by atoms with Crippen LogP contribution in [-0.2, 0) is 9.59 Å². The zero-order chi connectivity index (χ0) is 24.8. The van der Waals surface area contributed by atoms with Crippen molar-refractivity contribution in [2.75, 3.05) is 50.8 Å². The number of amides is 2. The topological polar surface area (TPSA) is 88.2 Å². The highest BCUT2D eigenvalue weighted by molar-refractivity contribution is 6.04. The highest BCUT2D eigenvalue weighted by Crippen LogP contribution is 2.33. The lowest BCUT2D eigenvalue weighted by atomic mass is 10.1. The van der Waals surface area contributed by atoms with E-state index in [1.807, 2.05) is 0 Å². The first-order valence-electron chi connectivity index (χ1n) is 11.9. The summed E-state index contributed by atoms with van der Waals surface area (Å²) in [4.78, 5) is 41.5. The lowest BCUT2D eigenvalue weighted by Gasteiger charge is -2.29. The van der Waals surface area contributed by atoms with Gasteiger partial charge in [0.2, 0.25) is 5.91 Å². The van der Waals surface area contributed by atoms with Crippen molar-refractivity contribution >= 4 is 23.3 Å². The zero-order valence-corrected chi connectivity index (χ0v) is 19.8. The van der Waals surface area contributed by atoms with Crippen LogP contribution in [0.2, 0.25) is 0 Å². The van der Waals surface area contributed by atoms with Gasteiger partial charge in [-0.2, -0.15) is 0 Å². The number of likely N-dealkylation sites (tertiary alicyclic amines) is 1. The minimum absolute atomic E-state index is 0.155. The number of Topliss-reactive ketones (excluding diaryl/α,β-unsaturated/α-hetero) is 1. The van der Waals surface area contributed by atoms with Crippen molar-refractivity contribution in [2.24, 2.45) is 0 Å². The maximum absolute atomic E-state index is 13.3. The normalized spacial score (nSPS) is 15.8. The molecule has 186 valence electrons. The predicted octanol–water partition coefficient (Wildman–Crippen LogP) is 2.72. The molecule has 0 atom stereocenters. The van der Waals surface area contributed by atoms with Gasteiger partial charge >= 0.3 is 0 Å². The van der Waals surface area contributed by atoms with Crippen LogP contribution < -0.4 is 19.7 Å². The fourth-order valence-electron chi connectivity index (χ4n) is 4.29. The number of hydrogen-bond donors (Lipinski definition) is 1. The molecule has 0 spiro atoms. The van der Waals surface area contributed by atoms with Gasteiger partial charge in [-0.25, -0.2) is 4.39 Å². The van der Waals surface area contributed by atoms with Gasteiger partial charge in [0.05, 0.1) is 5.69 Å². The summed E-state index contributed by atoms with van der Waals surface area (Å²) in [6, 6.07) is 8.81. The van der Waals surface area contributed by atoms with Crippen LogP contribution in [0.15, 0.2) is 36.4 Å². The Labute approximate surface area is 204 Å². The summed E-state index contributed by atoms with van der Waals surface area (Å²) in [5.74, 6) is -0.477. The van der Waals surface area contributed by atoms with E-state index >= 15 is 0 Å². The molecule has 35 heavy (non-hydrogen) atoms. The van der Waals surface area contributed by atoms with E-state index in [1.165, 1.54) is 48.4 Å². The Balaban J connectivity index is 1.38. The number of halogens is 1. The first-order chi connectivity index (χ1) is 16.9. The number of hydrogen-bond acceptors (Lipinski definition) is 6. The van der Waals surface area contributed by atoms with E-state index in [9.17, 15) is 18.8 Å². The van der Waals surface area contributed by atoms with Crippen LogP contribution in [0.1, 0.15) is 35.2 Å². The van der Waals surface area contributed by atoms with Gasteiger partial charge < -0.3 is 19.7 Å². The van der Waals surface area contributed by atoms with E-state index < -0.39 is 0 Å². The molecule has 0 bridgehead atoms. The fourth-order valence-corrected chi connectivity index (χ4v) is 4.29. The van der Waals surface area contributed by atoms with Gasteiger partial charge in [0, 0.05) is 18.7 Å². The Bertz CT molecular complexity index is 1100. The number of rotatable bonds is 9. The number of ketones is 1. The van der Waals surface area contributed by atoms with Gasteiger partial charge in [0.15, 0.2) is 19.0 Å². The van der Waals surface area contributed by atoms with E-state index in [4.69, 9.17) is 9.47 Å². The Kier molecular flexibility index (Phi) is 7.97. The molecule has 2 amide bonds. The number of carbonyl (C=O) groups excluding carboxylic acids is 3. The summed E-state index contributed by atoms with van der Waals surface area (Å²) in [5, 5.41) is 2.88. The third-order valence-electron chi connectivity index (χ3n) is 6.22. The number of nitrogens with one attached hydrogen (secondary N) is 1. The Morgan fingerprint density at radius 2 is 1.91 bits per heavy atom. The minimum Gasteiger partial charge on any atom is -0.485 e. The number of nitrogens with zero attached hydrogens (tertiary/aromatic N) is 2. The Morgan fingerprint density at radius 1 is 1.11 bits per heavy atom. The van der Waals surface area contributed by atoms with Gasteiger partial charge in [0.1, 0.15) is 23.9 Å². The standard InChI is InChI=1S/C26H30FN3O5/c1-18-13-20(27)6-8-23(18)34-16-22(31)19-5-7-24-21(14-19)30(26(33)17-35-24)15-25(32)28-9-12-29-10-3-2-4-11-29/h5-8,13-14H,2-4,9-12,15-17H2,1H3,(H,28,32). The molecule has 4 rings (SSSR count). The summed E-state index contributed by atoms with van der Waals surface area (Å²) in [5.41, 5.74) is 1.27. The molecule has 1 saturated heterocycles. The lowest BCUT2D eigenvalue weighted by molar-refractivity contribution is -0.125. The molecule has 9 heteroatoms. The summed E-state index contributed by atoms with van der Waals surface area (Å²) in [6.07, 6.45) is 3.62. The summed E-state index contributed by atoms with van der Waals surface area (Å²) < 4.78 is 24.3. The van der Waals surface area contributed by atoms with Crippen molar-refractivity contribution in [2.45, 2.75) is 26.2 Å². The van der Waals surface area contributed by atoms with Crippen molar-refractivity contribution in [1.82, 2.24) is 10.2 Å². The van der Waals surface area contributed by atoms with Crippen molar-refractivity contribution < 1.29 is 28.2 Å². The number of piperidine rings is 1. The second-order valence-corrected chi connectivity index (χ2v) is 8.82. The number of anilines is 1. The maximum atomic E-state index is 13.3. The fraction of sp³-hybridized carbons (Fsp3) is 0.423. The first kappa shape index (κ1) is 24.7. The van der Waals surface area contributed by atoms with Crippen LogP contribution in [0.4, 0.5) is 10.1 Å².